The van der Waals surface area contributed by atoms with E-state index in [1.807, 2.05) is 18.2 Å². The molecule has 0 aliphatic carbocycles. The van der Waals surface area contributed by atoms with E-state index in [2.05, 4.69) is 46.5 Å². The summed E-state index contributed by atoms with van der Waals surface area (Å²) in [5.74, 6) is -0.300. The summed E-state index contributed by atoms with van der Waals surface area (Å²) < 4.78 is 0. The molecular formula is C16H17N5OS2. The summed E-state index contributed by atoms with van der Waals surface area (Å²) in [5.41, 5.74) is 6.73. The fourth-order valence-corrected chi connectivity index (χ4v) is 3.69. The van der Waals surface area contributed by atoms with Crippen LogP contribution in [-0.2, 0) is 12.0 Å². The quantitative estimate of drug-likeness (QED) is 0.730. The Labute approximate surface area is 147 Å². The fourth-order valence-electron chi connectivity index (χ4n) is 2.17. The van der Waals surface area contributed by atoms with Gasteiger partial charge in [0.1, 0.15) is 15.7 Å². The molecule has 24 heavy (non-hydrogen) atoms. The van der Waals surface area contributed by atoms with Crippen molar-refractivity contribution in [2.24, 2.45) is 5.73 Å². The van der Waals surface area contributed by atoms with Gasteiger partial charge in [0, 0.05) is 17.3 Å². The maximum Gasteiger partial charge on any atom is 0.276 e. The van der Waals surface area contributed by atoms with E-state index in [-0.39, 0.29) is 11.3 Å². The van der Waals surface area contributed by atoms with Gasteiger partial charge in [0.2, 0.25) is 5.13 Å². The number of benzene rings is 1. The third kappa shape index (κ3) is 3.35. The molecular weight excluding hydrogens is 342 g/mol. The number of carbonyl (C=O) groups excluding carboxylic acids is 1. The molecule has 6 nitrogen and oxygen atoms in total. The van der Waals surface area contributed by atoms with Crippen molar-refractivity contribution in [3.05, 3.63) is 57.0 Å². The first-order valence-electron chi connectivity index (χ1n) is 7.36. The van der Waals surface area contributed by atoms with Crippen molar-refractivity contribution in [3.63, 3.8) is 0 Å². The Morgan fingerprint density at radius 2 is 2.00 bits per heavy atom. The number of nitrogens with one attached hydrogen (secondary N) is 1. The lowest BCUT2D eigenvalue weighted by molar-refractivity contribution is 0.102. The third-order valence-corrected chi connectivity index (χ3v) is 5.67. The fraction of sp³-hybridized carbons (Fsp3) is 0.250. The van der Waals surface area contributed by atoms with Gasteiger partial charge >= 0.3 is 0 Å². The average Bonchev–Trinajstić information content (AvgIpc) is 3.25. The lowest BCUT2D eigenvalue weighted by atomic mass is 9.85. The molecule has 3 aromatic rings. The number of aromatic nitrogens is 3. The number of anilines is 1. The highest BCUT2D eigenvalue weighted by Gasteiger charge is 2.28. The van der Waals surface area contributed by atoms with Crippen LogP contribution < -0.4 is 11.1 Å². The zero-order valence-corrected chi connectivity index (χ0v) is 14.9. The first-order chi connectivity index (χ1) is 11.5. The van der Waals surface area contributed by atoms with E-state index in [9.17, 15) is 4.79 Å². The lowest BCUT2D eigenvalue weighted by Crippen LogP contribution is -2.18. The topological polar surface area (TPSA) is 93.8 Å². The Hall–Kier alpha value is -2.16. The summed E-state index contributed by atoms with van der Waals surface area (Å²) in [7, 11) is 0. The van der Waals surface area contributed by atoms with E-state index in [4.69, 9.17) is 5.73 Å². The van der Waals surface area contributed by atoms with E-state index < -0.39 is 0 Å². The van der Waals surface area contributed by atoms with Gasteiger partial charge in [-0.05, 0) is 19.4 Å². The van der Waals surface area contributed by atoms with Gasteiger partial charge < -0.3 is 5.73 Å². The average molecular weight is 359 g/mol. The van der Waals surface area contributed by atoms with E-state index in [0.29, 0.717) is 17.4 Å². The summed E-state index contributed by atoms with van der Waals surface area (Å²) >= 11 is 2.73. The van der Waals surface area contributed by atoms with Crippen LogP contribution in [0.3, 0.4) is 0 Å². The molecule has 2 heterocycles. The number of nitrogens with two attached hydrogens (primary N) is 1. The number of thiazole rings is 1. The first-order valence-corrected chi connectivity index (χ1v) is 9.05. The molecule has 0 unspecified atom stereocenters. The molecule has 0 fully saturated rings. The minimum atomic E-state index is -0.300. The van der Waals surface area contributed by atoms with E-state index in [1.54, 1.807) is 5.38 Å². The van der Waals surface area contributed by atoms with Crippen LogP contribution in [0.5, 0.6) is 0 Å². The van der Waals surface area contributed by atoms with Gasteiger partial charge in [0.05, 0.1) is 0 Å². The number of carbonyl (C=O) groups is 1. The third-order valence-electron chi connectivity index (χ3n) is 3.63. The molecule has 0 bridgehead atoms. The maximum absolute atomic E-state index is 12.2. The van der Waals surface area contributed by atoms with E-state index in [0.717, 1.165) is 15.6 Å². The number of amides is 1. The van der Waals surface area contributed by atoms with Crippen LogP contribution in [0.1, 0.15) is 39.9 Å². The van der Waals surface area contributed by atoms with Crippen molar-refractivity contribution >= 4 is 33.7 Å². The highest BCUT2D eigenvalue weighted by molar-refractivity contribution is 7.15. The molecule has 0 radical (unpaired) electrons. The monoisotopic (exact) mass is 359 g/mol. The zero-order chi connectivity index (χ0) is 17.2. The van der Waals surface area contributed by atoms with Gasteiger partial charge in [-0.15, -0.1) is 21.5 Å². The highest BCUT2D eigenvalue weighted by Crippen LogP contribution is 2.34. The molecule has 0 aliphatic rings. The van der Waals surface area contributed by atoms with Gasteiger partial charge in [-0.3, -0.25) is 10.1 Å². The molecule has 0 aliphatic heterocycles. The first kappa shape index (κ1) is 16.7. The molecule has 124 valence electrons. The molecule has 1 aromatic carbocycles. The Balaban J connectivity index is 1.77. The summed E-state index contributed by atoms with van der Waals surface area (Å²) in [5, 5.41) is 14.8. The van der Waals surface area contributed by atoms with Gasteiger partial charge in [-0.1, -0.05) is 41.7 Å². The molecule has 2 aromatic heterocycles. The second-order valence-corrected chi connectivity index (χ2v) is 7.61. The molecule has 0 saturated carbocycles. The van der Waals surface area contributed by atoms with Crippen molar-refractivity contribution in [3.8, 4) is 0 Å². The van der Waals surface area contributed by atoms with Gasteiger partial charge in [-0.2, -0.15) is 0 Å². The van der Waals surface area contributed by atoms with Gasteiger partial charge in [0.25, 0.3) is 5.91 Å². The summed E-state index contributed by atoms with van der Waals surface area (Å²) in [4.78, 5) is 16.4. The minimum absolute atomic E-state index is 0.282. The molecule has 3 rings (SSSR count). The summed E-state index contributed by atoms with van der Waals surface area (Å²) in [6.07, 6.45) is 0. The molecule has 1 amide bonds. The molecule has 0 atom stereocenters. The Morgan fingerprint density at radius 3 is 2.67 bits per heavy atom. The zero-order valence-electron chi connectivity index (χ0n) is 13.3. The normalized spacial score (nSPS) is 11.5. The number of hydrogen-bond donors (Lipinski definition) is 2. The molecule has 0 spiro atoms. The largest absolute Gasteiger partial charge is 0.325 e. The van der Waals surface area contributed by atoms with E-state index in [1.165, 1.54) is 22.7 Å². The summed E-state index contributed by atoms with van der Waals surface area (Å²) in [6.45, 7) is 4.50. The predicted molar refractivity (Wildman–Crippen MR) is 96.4 cm³/mol. The van der Waals surface area contributed by atoms with Crippen molar-refractivity contribution in [2.45, 2.75) is 25.8 Å². The van der Waals surface area contributed by atoms with Crippen LogP contribution >= 0.6 is 22.7 Å². The van der Waals surface area contributed by atoms with Crippen LogP contribution in [0.4, 0.5) is 5.13 Å². The van der Waals surface area contributed by atoms with Crippen LogP contribution in [0.2, 0.25) is 0 Å². The minimum Gasteiger partial charge on any atom is -0.325 e. The lowest BCUT2D eigenvalue weighted by Gasteiger charge is -2.21. The van der Waals surface area contributed by atoms with Crippen molar-refractivity contribution < 1.29 is 4.79 Å². The van der Waals surface area contributed by atoms with Gasteiger partial charge in [-0.25, -0.2) is 4.98 Å². The summed E-state index contributed by atoms with van der Waals surface area (Å²) in [6, 6.07) is 10.1. The van der Waals surface area contributed by atoms with Gasteiger partial charge in [0.15, 0.2) is 0 Å². The highest BCUT2D eigenvalue weighted by atomic mass is 32.1. The molecule has 0 saturated heterocycles. The van der Waals surface area contributed by atoms with Crippen molar-refractivity contribution in [2.75, 3.05) is 5.32 Å². The smallest absolute Gasteiger partial charge is 0.276 e. The Kier molecular flexibility index (Phi) is 4.70. The van der Waals surface area contributed by atoms with Crippen LogP contribution in [0, 0.1) is 0 Å². The van der Waals surface area contributed by atoms with Crippen LogP contribution in [-0.4, -0.2) is 21.1 Å². The maximum atomic E-state index is 12.2. The van der Waals surface area contributed by atoms with Crippen molar-refractivity contribution in [1.82, 2.24) is 15.2 Å². The van der Waals surface area contributed by atoms with Crippen molar-refractivity contribution in [1.29, 1.82) is 0 Å². The van der Waals surface area contributed by atoms with E-state index >= 15 is 0 Å². The Morgan fingerprint density at radius 1 is 1.25 bits per heavy atom. The number of hydrogen-bond acceptors (Lipinski definition) is 7. The van der Waals surface area contributed by atoms with Crippen LogP contribution in [0.15, 0.2) is 35.7 Å². The second kappa shape index (κ2) is 6.76. The predicted octanol–water partition coefficient (Wildman–Crippen LogP) is 3.03. The molecule has 3 N–H and O–H groups in total. The SMILES string of the molecule is CC(C)(c1ccccc1)c1nnc(NC(=O)c2csc(CN)n2)s1. The molecule has 8 heteroatoms. The number of rotatable bonds is 5. The number of nitrogens with zero attached hydrogens (tertiary/aromatic N) is 3. The van der Waals surface area contributed by atoms with Crippen LogP contribution in [0.25, 0.3) is 0 Å². The standard InChI is InChI=1S/C16H17N5OS2/c1-16(2,10-6-4-3-5-7-10)14-20-21-15(24-14)19-13(22)11-9-23-12(8-17)18-11/h3-7,9H,8,17H2,1-2H3,(H,19,21,22). The Bertz CT molecular complexity index is 841. The second-order valence-electron chi connectivity index (χ2n) is 5.69.